The Balaban J connectivity index is 1.80. The molecular weight excluding hydrogens is 324 g/mol. The van der Waals surface area contributed by atoms with E-state index < -0.39 is 6.10 Å². The van der Waals surface area contributed by atoms with Crippen molar-refractivity contribution in [2.75, 3.05) is 6.54 Å². The van der Waals surface area contributed by atoms with Crippen molar-refractivity contribution in [3.8, 4) is 0 Å². The fourth-order valence-electron chi connectivity index (χ4n) is 2.94. The van der Waals surface area contributed by atoms with Crippen molar-refractivity contribution in [2.24, 2.45) is 7.05 Å². The largest absolute Gasteiger partial charge is 0.387 e. The molecule has 1 amide bonds. The highest BCUT2D eigenvalue weighted by atomic mass is 35.5. The molecule has 0 saturated heterocycles. The summed E-state index contributed by atoms with van der Waals surface area (Å²) in [5, 5.41) is 14.4. The number of aromatic nitrogens is 1. The van der Waals surface area contributed by atoms with Crippen molar-refractivity contribution in [1.29, 1.82) is 0 Å². The number of hydrogen-bond acceptors (Lipinski definition) is 2. The fourth-order valence-corrected chi connectivity index (χ4v) is 3.32. The first-order valence-corrected chi connectivity index (χ1v) is 8.13. The van der Waals surface area contributed by atoms with Crippen LogP contribution in [0.2, 0.25) is 5.02 Å². The van der Waals surface area contributed by atoms with Crippen molar-refractivity contribution in [3.63, 3.8) is 0 Å². The third-order valence-electron chi connectivity index (χ3n) is 4.26. The smallest absolute Gasteiger partial charge is 0.269 e. The van der Waals surface area contributed by atoms with Crippen LogP contribution in [0.25, 0.3) is 10.9 Å². The molecule has 0 aliphatic carbocycles. The van der Waals surface area contributed by atoms with E-state index in [-0.39, 0.29) is 12.5 Å². The zero-order valence-electron chi connectivity index (χ0n) is 13.6. The van der Waals surface area contributed by atoms with Crippen molar-refractivity contribution < 1.29 is 9.90 Å². The van der Waals surface area contributed by atoms with E-state index in [9.17, 15) is 9.90 Å². The van der Waals surface area contributed by atoms with Gasteiger partial charge in [-0.15, -0.1) is 0 Å². The SMILES string of the molecule is Cc1ccccc1C(O)CNC(=O)c1c(Cl)c2ccccc2n1C. The molecule has 0 saturated carbocycles. The van der Waals surface area contributed by atoms with Crippen molar-refractivity contribution in [2.45, 2.75) is 13.0 Å². The number of rotatable bonds is 4. The van der Waals surface area contributed by atoms with E-state index in [4.69, 9.17) is 11.6 Å². The molecule has 124 valence electrons. The average Bonchev–Trinajstić information content (AvgIpc) is 2.84. The summed E-state index contributed by atoms with van der Waals surface area (Å²) < 4.78 is 1.77. The second-order valence-electron chi connectivity index (χ2n) is 5.82. The Morgan fingerprint density at radius 3 is 2.58 bits per heavy atom. The summed E-state index contributed by atoms with van der Waals surface area (Å²) in [6.07, 6.45) is -0.761. The molecule has 3 rings (SSSR count). The van der Waals surface area contributed by atoms with Crippen molar-refractivity contribution >= 4 is 28.4 Å². The molecule has 0 bridgehead atoms. The van der Waals surface area contributed by atoms with Crippen LogP contribution in [0.15, 0.2) is 48.5 Å². The first kappa shape index (κ1) is 16.6. The van der Waals surface area contributed by atoms with Crippen LogP contribution in [-0.4, -0.2) is 22.1 Å². The third-order valence-corrected chi connectivity index (χ3v) is 4.65. The minimum absolute atomic E-state index is 0.127. The van der Waals surface area contributed by atoms with Crippen molar-refractivity contribution in [3.05, 3.63) is 70.4 Å². The minimum atomic E-state index is -0.761. The Morgan fingerprint density at radius 2 is 1.88 bits per heavy atom. The van der Waals surface area contributed by atoms with E-state index in [2.05, 4.69) is 5.32 Å². The van der Waals surface area contributed by atoms with Gasteiger partial charge in [0.1, 0.15) is 5.69 Å². The number of nitrogens with one attached hydrogen (secondary N) is 1. The molecule has 5 heteroatoms. The Hall–Kier alpha value is -2.30. The molecule has 1 heterocycles. The molecule has 1 unspecified atom stereocenters. The summed E-state index contributed by atoms with van der Waals surface area (Å²) in [4.78, 5) is 12.5. The van der Waals surface area contributed by atoms with E-state index in [1.165, 1.54) is 0 Å². The molecule has 1 atom stereocenters. The summed E-state index contributed by atoms with van der Waals surface area (Å²) in [5.74, 6) is -0.300. The van der Waals surface area contributed by atoms with E-state index in [0.29, 0.717) is 10.7 Å². The van der Waals surface area contributed by atoms with Crippen LogP contribution in [-0.2, 0) is 7.05 Å². The number of fused-ring (bicyclic) bond motifs is 1. The van der Waals surface area contributed by atoms with Gasteiger partial charge in [0.15, 0.2) is 0 Å². The van der Waals surface area contributed by atoms with Gasteiger partial charge < -0.3 is 15.0 Å². The molecule has 24 heavy (non-hydrogen) atoms. The zero-order chi connectivity index (χ0) is 17.3. The van der Waals surface area contributed by atoms with Gasteiger partial charge in [-0.2, -0.15) is 0 Å². The molecule has 0 aliphatic heterocycles. The van der Waals surface area contributed by atoms with Crippen LogP contribution in [0.4, 0.5) is 0 Å². The second-order valence-corrected chi connectivity index (χ2v) is 6.20. The van der Waals surface area contributed by atoms with Gasteiger partial charge in [0.25, 0.3) is 5.91 Å². The first-order valence-electron chi connectivity index (χ1n) is 7.75. The first-order chi connectivity index (χ1) is 11.5. The highest BCUT2D eigenvalue weighted by molar-refractivity contribution is 6.38. The molecule has 3 aromatic rings. The number of aliphatic hydroxyl groups is 1. The number of carbonyl (C=O) groups excluding carboxylic acids is 1. The van der Waals surface area contributed by atoms with Gasteiger partial charge in [-0.05, 0) is 24.1 Å². The Kier molecular flexibility index (Phi) is 4.60. The number of hydrogen-bond donors (Lipinski definition) is 2. The summed E-state index contributed by atoms with van der Waals surface area (Å²) >= 11 is 6.37. The van der Waals surface area contributed by atoms with Gasteiger partial charge >= 0.3 is 0 Å². The molecule has 0 spiro atoms. The number of aryl methyl sites for hydroxylation is 2. The molecule has 0 fully saturated rings. The lowest BCUT2D eigenvalue weighted by molar-refractivity contribution is 0.0908. The normalized spacial score (nSPS) is 12.3. The molecule has 1 aromatic heterocycles. The number of para-hydroxylation sites is 1. The minimum Gasteiger partial charge on any atom is -0.387 e. The second kappa shape index (κ2) is 6.67. The number of benzene rings is 2. The highest BCUT2D eigenvalue weighted by Gasteiger charge is 2.20. The maximum absolute atomic E-state index is 12.5. The van der Waals surface area contributed by atoms with Gasteiger partial charge in [-0.25, -0.2) is 0 Å². The van der Waals surface area contributed by atoms with E-state index in [0.717, 1.165) is 22.0 Å². The number of carbonyl (C=O) groups is 1. The lowest BCUT2D eigenvalue weighted by Gasteiger charge is -2.15. The van der Waals surface area contributed by atoms with Crippen LogP contribution >= 0.6 is 11.6 Å². The molecule has 0 radical (unpaired) electrons. The standard InChI is InChI=1S/C19H19ClN2O2/c1-12-7-3-4-8-13(12)16(23)11-21-19(24)18-17(20)14-9-5-6-10-15(14)22(18)2/h3-10,16,23H,11H2,1-2H3,(H,21,24). The summed E-state index contributed by atoms with van der Waals surface area (Å²) in [6.45, 7) is 2.06. The van der Waals surface area contributed by atoms with Gasteiger partial charge in [-0.3, -0.25) is 4.79 Å². The van der Waals surface area contributed by atoms with Gasteiger partial charge in [0.05, 0.1) is 11.1 Å². The van der Waals surface area contributed by atoms with E-state index in [1.54, 1.807) is 11.6 Å². The van der Waals surface area contributed by atoms with Crippen molar-refractivity contribution in [1.82, 2.24) is 9.88 Å². The quantitative estimate of drug-likeness (QED) is 0.761. The van der Waals surface area contributed by atoms with E-state index >= 15 is 0 Å². The summed E-state index contributed by atoms with van der Waals surface area (Å²) in [5.41, 5.74) is 3.09. The van der Waals surface area contributed by atoms with Crippen LogP contribution in [0, 0.1) is 6.92 Å². The van der Waals surface area contributed by atoms with Gasteiger partial charge in [0, 0.05) is 24.5 Å². The maximum Gasteiger partial charge on any atom is 0.269 e. The molecule has 4 nitrogen and oxygen atoms in total. The Morgan fingerprint density at radius 1 is 1.21 bits per heavy atom. The van der Waals surface area contributed by atoms with Crippen LogP contribution in [0.5, 0.6) is 0 Å². The highest BCUT2D eigenvalue weighted by Crippen LogP contribution is 2.29. The monoisotopic (exact) mass is 342 g/mol. The lowest BCUT2D eigenvalue weighted by atomic mass is 10.0. The maximum atomic E-state index is 12.5. The number of halogens is 1. The molecule has 2 aromatic carbocycles. The average molecular weight is 343 g/mol. The Labute approximate surface area is 145 Å². The fraction of sp³-hybridized carbons (Fsp3) is 0.211. The zero-order valence-corrected chi connectivity index (χ0v) is 14.3. The third kappa shape index (κ3) is 2.90. The molecular formula is C19H19ClN2O2. The molecule has 0 aliphatic rings. The van der Waals surface area contributed by atoms with E-state index in [1.807, 2.05) is 55.5 Å². The topological polar surface area (TPSA) is 54.3 Å². The number of amides is 1. The Bertz CT molecular complexity index is 863. The summed E-state index contributed by atoms with van der Waals surface area (Å²) in [6, 6.07) is 15.2. The van der Waals surface area contributed by atoms with Gasteiger partial charge in [0.2, 0.25) is 0 Å². The number of nitrogens with zero attached hydrogens (tertiary/aromatic N) is 1. The van der Waals surface area contributed by atoms with Crippen LogP contribution in [0.3, 0.4) is 0 Å². The predicted octanol–water partition coefficient (Wildman–Crippen LogP) is 3.60. The molecule has 2 N–H and O–H groups in total. The number of aliphatic hydroxyl groups excluding tert-OH is 1. The van der Waals surface area contributed by atoms with Crippen LogP contribution < -0.4 is 5.32 Å². The lowest BCUT2D eigenvalue weighted by Crippen LogP contribution is -2.30. The predicted molar refractivity (Wildman–Crippen MR) is 96.4 cm³/mol. The van der Waals surface area contributed by atoms with Crippen LogP contribution in [0.1, 0.15) is 27.7 Å². The van der Waals surface area contributed by atoms with Gasteiger partial charge in [-0.1, -0.05) is 54.1 Å². The summed E-state index contributed by atoms with van der Waals surface area (Å²) in [7, 11) is 1.81.